The van der Waals surface area contributed by atoms with Gasteiger partial charge in [0.05, 0.1) is 15.6 Å². The van der Waals surface area contributed by atoms with E-state index in [0.717, 1.165) is 16.7 Å². The predicted molar refractivity (Wildman–Crippen MR) is 100 cm³/mol. The Kier molecular flexibility index (Phi) is 5.64. The number of carbonyl (C=O) groups is 2. The van der Waals surface area contributed by atoms with E-state index in [1.165, 1.54) is 11.3 Å². The lowest BCUT2D eigenvalue weighted by atomic mass is 10.0. The zero-order valence-electron chi connectivity index (χ0n) is 13.3. The SMILES string of the molecule is O=C(Cc1ccc(-c2ccccc2)cc1)OCC(=O)c1ccc(Cl)s1. The number of hydrogen-bond donors (Lipinski definition) is 0. The summed E-state index contributed by atoms with van der Waals surface area (Å²) in [6, 6.07) is 21.0. The Balaban J connectivity index is 1.53. The minimum atomic E-state index is -0.427. The third-order valence-corrected chi connectivity index (χ3v) is 4.89. The van der Waals surface area contributed by atoms with Gasteiger partial charge in [0, 0.05) is 0 Å². The van der Waals surface area contributed by atoms with Gasteiger partial charge in [0.15, 0.2) is 6.61 Å². The summed E-state index contributed by atoms with van der Waals surface area (Å²) in [5.74, 6) is -0.673. The van der Waals surface area contributed by atoms with Gasteiger partial charge in [0.1, 0.15) is 0 Å². The second-order valence-electron chi connectivity index (χ2n) is 5.43. The van der Waals surface area contributed by atoms with E-state index in [1.807, 2.05) is 54.6 Å². The third-order valence-electron chi connectivity index (χ3n) is 3.62. The van der Waals surface area contributed by atoms with Crippen LogP contribution in [0.15, 0.2) is 66.7 Å². The number of carbonyl (C=O) groups excluding carboxylic acids is 2. The van der Waals surface area contributed by atoms with Crippen LogP contribution in [0.25, 0.3) is 11.1 Å². The van der Waals surface area contributed by atoms with Crippen LogP contribution in [0.4, 0.5) is 0 Å². The van der Waals surface area contributed by atoms with Crippen molar-refractivity contribution in [1.82, 2.24) is 0 Å². The number of thiophene rings is 1. The predicted octanol–water partition coefficient (Wildman–Crippen LogP) is 5.04. The van der Waals surface area contributed by atoms with Gasteiger partial charge in [-0.3, -0.25) is 9.59 Å². The highest BCUT2D eigenvalue weighted by molar-refractivity contribution is 7.18. The molecular formula is C20H15ClO3S. The van der Waals surface area contributed by atoms with Crippen molar-refractivity contribution in [3.05, 3.63) is 81.5 Å². The lowest BCUT2D eigenvalue weighted by Gasteiger charge is -2.05. The van der Waals surface area contributed by atoms with Crippen LogP contribution >= 0.6 is 22.9 Å². The van der Waals surface area contributed by atoms with E-state index in [1.54, 1.807) is 12.1 Å². The first kappa shape index (κ1) is 17.4. The molecule has 0 aliphatic rings. The third kappa shape index (κ3) is 4.78. The molecule has 0 radical (unpaired) electrons. The van der Waals surface area contributed by atoms with E-state index < -0.39 is 5.97 Å². The zero-order chi connectivity index (χ0) is 17.6. The normalized spacial score (nSPS) is 10.4. The summed E-state index contributed by atoms with van der Waals surface area (Å²) in [5, 5.41) is 0. The molecule has 2 aromatic carbocycles. The molecule has 0 unspecified atom stereocenters. The molecule has 0 spiro atoms. The lowest BCUT2D eigenvalue weighted by Crippen LogP contribution is -2.14. The number of ether oxygens (including phenoxy) is 1. The van der Waals surface area contributed by atoms with Crippen molar-refractivity contribution in [3.8, 4) is 11.1 Å². The van der Waals surface area contributed by atoms with E-state index in [0.29, 0.717) is 9.21 Å². The topological polar surface area (TPSA) is 43.4 Å². The number of ketones is 1. The van der Waals surface area contributed by atoms with Crippen molar-refractivity contribution in [2.24, 2.45) is 0 Å². The maximum absolute atomic E-state index is 11.9. The summed E-state index contributed by atoms with van der Waals surface area (Å²) >= 11 is 6.97. The number of Topliss-reactive ketones (excluding diaryl/α,β-unsaturated/α-hetero) is 1. The molecule has 3 rings (SSSR count). The molecule has 1 heterocycles. The molecule has 0 atom stereocenters. The molecule has 3 aromatic rings. The summed E-state index contributed by atoms with van der Waals surface area (Å²) in [6.07, 6.45) is 0.132. The van der Waals surface area contributed by atoms with Gasteiger partial charge in [0.2, 0.25) is 5.78 Å². The summed E-state index contributed by atoms with van der Waals surface area (Å²) in [6.45, 7) is -0.266. The van der Waals surface area contributed by atoms with Gasteiger partial charge in [0.25, 0.3) is 0 Å². The highest BCUT2D eigenvalue weighted by Crippen LogP contribution is 2.22. The molecule has 0 saturated carbocycles. The van der Waals surface area contributed by atoms with Crippen molar-refractivity contribution in [3.63, 3.8) is 0 Å². The molecule has 0 saturated heterocycles. The highest BCUT2D eigenvalue weighted by atomic mass is 35.5. The molecule has 1 aromatic heterocycles. The zero-order valence-corrected chi connectivity index (χ0v) is 14.8. The van der Waals surface area contributed by atoms with Crippen LogP contribution < -0.4 is 0 Å². The first-order valence-corrected chi connectivity index (χ1v) is 8.90. The number of halogens is 1. The van der Waals surface area contributed by atoms with Crippen molar-refractivity contribution in [2.75, 3.05) is 6.61 Å². The van der Waals surface area contributed by atoms with Crippen LogP contribution in [-0.2, 0) is 16.0 Å². The van der Waals surface area contributed by atoms with Gasteiger partial charge in [-0.1, -0.05) is 66.2 Å². The van der Waals surface area contributed by atoms with Crippen molar-refractivity contribution in [2.45, 2.75) is 6.42 Å². The van der Waals surface area contributed by atoms with E-state index >= 15 is 0 Å². The van der Waals surface area contributed by atoms with Crippen LogP contribution in [0.1, 0.15) is 15.2 Å². The van der Waals surface area contributed by atoms with Crippen LogP contribution in [0.2, 0.25) is 4.34 Å². The van der Waals surface area contributed by atoms with Gasteiger partial charge in [-0.15, -0.1) is 11.3 Å². The van der Waals surface area contributed by atoms with Crippen molar-refractivity contribution >= 4 is 34.7 Å². The molecule has 0 N–H and O–H groups in total. The molecule has 25 heavy (non-hydrogen) atoms. The second kappa shape index (κ2) is 8.10. The highest BCUT2D eigenvalue weighted by Gasteiger charge is 2.12. The van der Waals surface area contributed by atoms with Gasteiger partial charge < -0.3 is 4.74 Å². The quantitative estimate of drug-likeness (QED) is 0.451. The van der Waals surface area contributed by atoms with Crippen LogP contribution in [-0.4, -0.2) is 18.4 Å². The molecular weight excluding hydrogens is 356 g/mol. The van der Waals surface area contributed by atoms with Gasteiger partial charge >= 0.3 is 5.97 Å². The fourth-order valence-electron chi connectivity index (χ4n) is 2.34. The molecule has 3 nitrogen and oxygen atoms in total. The molecule has 0 aliphatic carbocycles. The Morgan fingerprint density at radius 2 is 1.56 bits per heavy atom. The van der Waals surface area contributed by atoms with E-state index in [4.69, 9.17) is 16.3 Å². The van der Waals surface area contributed by atoms with Crippen LogP contribution in [0.3, 0.4) is 0 Å². The Morgan fingerprint density at radius 3 is 2.20 bits per heavy atom. The first-order valence-electron chi connectivity index (χ1n) is 7.70. The Bertz CT molecular complexity index is 869. The number of hydrogen-bond acceptors (Lipinski definition) is 4. The standard InChI is InChI=1S/C20H15ClO3S/c21-19-11-10-18(25-19)17(22)13-24-20(23)12-14-6-8-16(9-7-14)15-4-2-1-3-5-15/h1-11H,12-13H2. The number of rotatable bonds is 6. The van der Waals surface area contributed by atoms with E-state index in [-0.39, 0.29) is 18.8 Å². The number of esters is 1. The summed E-state index contributed by atoms with van der Waals surface area (Å²) in [7, 11) is 0. The van der Waals surface area contributed by atoms with Crippen molar-refractivity contribution in [1.29, 1.82) is 0 Å². The van der Waals surface area contributed by atoms with Gasteiger partial charge in [-0.05, 0) is 28.8 Å². The van der Waals surface area contributed by atoms with E-state index in [2.05, 4.69) is 0 Å². The second-order valence-corrected chi connectivity index (χ2v) is 7.14. The summed E-state index contributed by atoms with van der Waals surface area (Å²) in [4.78, 5) is 24.3. The smallest absolute Gasteiger partial charge is 0.310 e. The minimum Gasteiger partial charge on any atom is -0.457 e. The van der Waals surface area contributed by atoms with Crippen LogP contribution in [0, 0.1) is 0 Å². The van der Waals surface area contributed by atoms with Crippen molar-refractivity contribution < 1.29 is 14.3 Å². The summed E-state index contributed by atoms with van der Waals surface area (Å²) < 4.78 is 5.60. The Morgan fingerprint density at radius 1 is 0.880 bits per heavy atom. The largest absolute Gasteiger partial charge is 0.457 e. The van der Waals surface area contributed by atoms with E-state index in [9.17, 15) is 9.59 Å². The van der Waals surface area contributed by atoms with Crippen LogP contribution in [0.5, 0.6) is 0 Å². The van der Waals surface area contributed by atoms with Gasteiger partial charge in [-0.25, -0.2) is 0 Å². The molecule has 5 heteroatoms. The maximum atomic E-state index is 11.9. The Hall–Kier alpha value is -2.43. The summed E-state index contributed by atoms with van der Waals surface area (Å²) in [5.41, 5.74) is 3.05. The molecule has 0 bridgehead atoms. The fourth-order valence-corrected chi connectivity index (χ4v) is 3.31. The molecule has 126 valence electrons. The molecule has 0 fully saturated rings. The van der Waals surface area contributed by atoms with Gasteiger partial charge in [-0.2, -0.15) is 0 Å². The molecule has 0 aliphatic heterocycles. The Labute approximate surface area is 154 Å². The lowest BCUT2D eigenvalue weighted by molar-refractivity contribution is -0.141. The fraction of sp³-hybridized carbons (Fsp3) is 0.100. The molecule has 0 amide bonds. The average molecular weight is 371 g/mol. The monoisotopic (exact) mass is 370 g/mol. The first-order chi connectivity index (χ1) is 12.1. The number of benzene rings is 2. The minimum absolute atomic E-state index is 0.132. The maximum Gasteiger partial charge on any atom is 0.310 e. The average Bonchev–Trinajstić information content (AvgIpc) is 3.08.